The van der Waals surface area contributed by atoms with Crippen LogP contribution in [0.2, 0.25) is 0 Å². The van der Waals surface area contributed by atoms with Gasteiger partial charge in [0.1, 0.15) is 0 Å². The molecule has 0 saturated carbocycles. The Hall–Kier alpha value is -7.74. The lowest BCUT2D eigenvalue weighted by atomic mass is 9.93. The second-order valence-electron chi connectivity index (χ2n) is 14.7. The summed E-state index contributed by atoms with van der Waals surface area (Å²) in [6.45, 7) is 0. The Morgan fingerprint density at radius 3 is 1.12 bits per heavy atom. The van der Waals surface area contributed by atoms with Crippen molar-refractivity contribution in [1.82, 2.24) is 0 Å². The highest BCUT2D eigenvalue weighted by Crippen LogP contribution is 2.40. The molecule has 0 aromatic heterocycles. The highest BCUT2D eigenvalue weighted by atomic mass is 15.1. The minimum Gasteiger partial charge on any atom is -0.310 e. The van der Waals surface area contributed by atoms with Crippen molar-refractivity contribution < 1.29 is 5.48 Å². The molecule has 0 heterocycles. The number of benzene rings is 10. The zero-order chi connectivity index (χ0) is 42.9. The summed E-state index contributed by atoms with van der Waals surface area (Å²) >= 11 is 0. The topological polar surface area (TPSA) is 3.24 Å². The van der Waals surface area contributed by atoms with Crippen molar-refractivity contribution in [3.63, 3.8) is 0 Å². The van der Waals surface area contributed by atoms with Crippen molar-refractivity contribution in [3.8, 4) is 66.8 Å². The molecule has 10 rings (SSSR count). The second-order valence-corrected chi connectivity index (χ2v) is 14.7. The van der Waals surface area contributed by atoms with Crippen LogP contribution < -0.4 is 4.90 Å². The largest absolute Gasteiger partial charge is 0.310 e. The van der Waals surface area contributed by atoms with Crippen molar-refractivity contribution in [2.45, 2.75) is 0 Å². The van der Waals surface area contributed by atoms with Crippen LogP contribution in [0.15, 0.2) is 249 Å². The number of rotatable bonds is 9. The molecule has 0 spiro atoms. The van der Waals surface area contributed by atoms with Crippen molar-refractivity contribution in [2.24, 2.45) is 0 Å². The van der Waals surface area contributed by atoms with Gasteiger partial charge in [0.05, 0.1) is 5.48 Å². The van der Waals surface area contributed by atoms with Crippen molar-refractivity contribution >= 4 is 27.8 Å². The number of anilines is 3. The Morgan fingerprint density at radius 2 is 0.627 bits per heavy atom. The number of hydrogen-bond donors (Lipinski definition) is 0. The van der Waals surface area contributed by atoms with Gasteiger partial charge in [-0.05, 0) is 138 Å². The quantitative estimate of drug-likeness (QED) is 0.142. The molecule has 0 fully saturated rings. The smallest absolute Gasteiger partial charge is 0.0651 e. The molecule has 0 aliphatic heterocycles. The van der Waals surface area contributed by atoms with Gasteiger partial charge in [0.2, 0.25) is 0 Å². The van der Waals surface area contributed by atoms with Gasteiger partial charge in [-0.1, -0.05) is 188 Å². The fourth-order valence-corrected chi connectivity index (χ4v) is 7.82. The predicted octanol–water partition coefficient (Wildman–Crippen LogP) is 16.3. The van der Waals surface area contributed by atoms with E-state index in [1.165, 1.54) is 0 Å². The molecule has 0 unspecified atom stereocenters. The average Bonchev–Trinajstić information content (AvgIpc) is 3.35. The Kier molecular flexibility index (Phi) is 8.51. The molecule has 0 amide bonds. The zero-order valence-electron chi connectivity index (χ0n) is 36.3. The minimum atomic E-state index is -0.230. The molecule has 0 aliphatic rings. The normalized spacial score (nSPS) is 12.0. The van der Waals surface area contributed by atoms with Crippen LogP contribution in [0.3, 0.4) is 0 Å². The minimum absolute atomic E-state index is 0.0176. The lowest BCUT2D eigenvalue weighted by Crippen LogP contribution is -2.10. The number of fused-ring (bicyclic) bond motifs is 1. The van der Waals surface area contributed by atoms with Crippen LogP contribution in [0.25, 0.3) is 77.5 Å². The molecule has 59 heavy (non-hydrogen) atoms. The fourth-order valence-electron chi connectivity index (χ4n) is 7.82. The predicted molar refractivity (Wildman–Crippen MR) is 251 cm³/mol. The summed E-state index contributed by atoms with van der Waals surface area (Å²) in [4.78, 5) is 1.90. The molecular weight excluding hydrogens is 711 g/mol. The van der Waals surface area contributed by atoms with E-state index in [0.717, 1.165) is 77.8 Å². The maximum atomic E-state index is 9.79. The van der Waals surface area contributed by atoms with E-state index >= 15 is 0 Å². The number of nitrogens with zero attached hydrogens (tertiary/aromatic N) is 1. The van der Waals surface area contributed by atoms with E-state index in [0.29, 0.717) is 11.1 Å². The van der Waals surface area contributed by atoms with Crippen LogP contribution in [0.5, 0.6) is 0 Å². The van der Waals surface area contributed by atoms with E-state index in [1.54, 1.807) is 0 Å². The molecule has 0 saturated heterocycles. The lowest BCUT2D eigenvalue weighted by Gasteiger charge is -2.26. The Balaban J connectivity index is 1.10. The molecule has 1 nitrogen and oxygen atoms in total. The Bertz CT molecular complexity index is 3170. The van der Waals surface area contributed by atoms with Gasteiger partial charge in [0.15, 0.2) is 0 Å². The summed E-state index contributed by atoms with van der Waals surface area (Å²) in [5.41, 5.74) is 13.6. The highest BCUT2D eigenvalue weighted by Gasteiger charge is 2.16. The van der Waals surface area contributed by atoms with Gasteiger partial charge in [-0.2, -0.15) is 0 Å². The summed E-state index contributed by atoms with van der Waals surface area (Å²) in [6.07, 6.45) is 0. The standard InChI is InChI=1S/C58H41N/c1-4-13-42(14-5-1)46-23-25-47(26-24-46)48-29-33-56(34-30-48)59(58-22-12-21-51(41-58)52-28-27-45-19-10-11-20-50(45)37-52)57-35-31-49(32-36-57)55-39-53(43-15-6-2-7-16-43)38-54(40-55)44-17-8-3-9-18-44/h1-41H/i12D,21D,22D,41D. The van der Waals surface area contributed by atoms with Crippen LogP contribution in [0.4, 0.5) is 17.1 Å². The third kappa shape index (κ3) is 7.58. The van der Waals surface area contributed by atoms with Gasteiger partial charge in [0.25, 0.3) is 0 Å². The van der Waals surface area contributed by atoms with Gasteiger partial charge in [-0.15, -0.1) is 0 Å². The maximum absolute atomic E-state index is 9.79. The average molecular weight is 756 g/mol. The second kappa shape index (κ2) is 16.0. The Labute approximate surface area is 352 Å². The molecule has 0 bridgehead atoms. The van der Waals surface area contributed by atoms with Gasteiger partial charge >= 0.3 is 0 Å². The van der Waals surface area contributed by atoms with E-state index in [2.05, 4.69) is 127 Å². The van der Waals surface area contributed by atoms with Crippen LogP contribution in [0.1, 0.15) is 5.48 Å². The lowest BCUT2D eigenvalue weighted by molar-refractivity contribution is 1.28. The molecule has 278 valence electrons. The van der Waals surface area contributed by atoms with Crippen LogP contribution in [-0.2, 0) is 0 Å². The third-order valence-electron chi connectivity index (χ3n) is 10.9. The summed E-state index contributed by atoms with van der Waals surface area (Å²) in [5, 5.41) is 2.02. The molecule has 0 aliphatic carbocycles. The molecular formula is C58H41N. The van der Waals surface area contributed by atoms with Crippen LogP contribution >= 0.6 is 0 Å². The molecule has 0 N–H and O–H groups in total. The summed E-state index contributed by atoms with van der Waals surface area (Å²) in [7, 11) is 0. The molecule has 1 heteroatoms. The van der Waals surface area contributed by atoms with E-state index in [-0.39, 0.29) is 29.9 Å². The molecule has 0 atom stereocenters. The van der Waals surface area contributed by atoms with E-state index < -0.39 is 0 Å². The summed E-state index contributed by atoms with van der Waals surface area (Å²) < 4.78 is 37.4. The first-order chi connectivity index (χ1) is 30.9. The van der Waals surface area contributed by atoms with Crippen LogP contribution in [-0.4, -0.2) is 0 Å². The monoisotopic (exact) mass is 755 g/mol. The Morgan fingerprint density at radius 1 is 0.254 bits per heavy atom. The highest BCUT2D eigenvalue weighted by molar-refractivity contribution is 5.89. The fraction of sp³-hybridized carbons (Fsp3) is 0. The van der Waals surface area contributed by atoms with Crippen molar-refractivity contribution in [2.75, 3.05) is 4.90 Å². The summed E-state index contributed by atoms with van der Waals surface area (Å²) in [5.74, 6) is 0. The van der Waals surface area contributed by atoms with Crippen LogP contribution in [0, 0.1) is 0 Å². The van der Waals surface area contributed by atoms with E-state index in [9.17, 15) is 2.74 Å². The molecule has 10 aromatic carbocycles. The SMILES string of the molecule is [2H]c1c([2H])c(-c2ccc3ccccc3c2)c([2H])c(N(c2ccc(-c3ccc(-c4ccccc4)cc3)cc2)c2ccc(-c3cc(-c4ccccc4)cc(-c4ccccc4)c3)cc2)c1[2H]. The van der Waals surface area contributed by atoms with Gasteiger partial charge in [0, 0.05) is 17.1 Å². The number of hydrogen-bond acceptors (Lipinski definition) is 1. The third-order valence-corrected chi connectivity index (χ3v) is 10.9. The summed E-state index contributed by atoms with van der Waals surface area (Å²) in [6, 6.07) is 76.0. The first-order valence-electron chi connectivity index (χ1n) is 21.9. The van der Waals surface area contributed by atoms with Crippen molar-refractivity contribution in [3.05, 3.63) is 249 Å². The maximum Gasteiger partial charge on any atom is 0.0651 e. The van der Waals surface area contributed by atoms with Gasteiger partial charge in [-0.25, -0.2) is 0 Å². The first kappa shape index (κ1) is 31.4. The van der Waals surface area contributed by atoms with E-state index in [4.69, 9.17) is 2.74 Å². The van der Waals surface area contributed by atoms with Crippen molar-refractivity contribution in [1.29, 1.82) is 0 Å². The van der Waals surface area contributed by atoms with E-state index in [1.807, 2.05) is 102 Å². The first-order valence-corrected chi connectivity index (χ1v) is 19.9. The molecule has 10 aromatic rings. The van der Waals surface area contributed by atoms with Gasteiger partial charge in [-0.3, -0.25) is 0 Å². The molecule has 0 radical (unpaired) electrons. The zero-order valence-corrected chi connectivity index (χ0v) is 32.3. The van der Waals surface area contributed by atoms with Gasteiger partial charge < -0.3 is 4.90 Å².